The number of hydrogen-bond acceptors (Lipinski definition) is 2. The van der Waals surface area contributed by atoms with Crippen LogP contribution in [-0.2, 0) is 5.88 Å². The Hall–Kier alpha value is -1.48. The van der Waals surface area contributed by atoms with Gasteiger partial charge in [0.05, 0.1) is 5.02 Å². The van der Waals surface area contributed by atoms with Gasteiger partial charge in [-0.25, -0.2) is 4.98 Å². The minimum absolute atomic E-state index is 0.398. The van der Waals surface area contributed by atoms with Crippen molar-refractivity contribution in [3.05, 3.63) is 64.3 Å². The molecule has 1 aromatic heterocycles. The molecule has 0 aliphatic rings. The predicted octanol–water partition coefficient (Wildman–Crippen LogP) is 6.07. The number of halogens is 3. The molecule has 0 saturated carbocycles. The number of hydrogen-bond donors (Lipinski definition) is 0. The molecule has 0 fully saturated rings. The van der Waals surface area contributed by atoms with Gasteiger partial charge in [0.2, 0.25) is 5.88 Å². The Kier molecular flexibility index (Phi) is 4.20. The Morgan fingerprint density at radius 3 is 2.48 bits per heavy atom. The van der Waals surface area contributed by atoms with Crippen LogP contribution >= 0.6 is 34.8 Å². The van der Waals surface area contributed by atoms with Crippen molar-refractivity contribution < 1.29 is 4.74 Å². The number of pyridine rings is 1. The number of rotatable bonds is 3. The zero-order chi connectivity index (χ0) is 14.8. The summed E-state index contributed by atoms with van der Waals surface area (Å²) in [5.41, 5.74) is 0.960. The van der Waals surface area contributed by atoms with Crippen LogP contribution < -0.4 is 4.74 Å². The van der Waals surface area contributed by atoms with Crippen molar-refractivity contribution in [3.8, 4) is 11.6 Å². The third-order valence-electron chi connectivity index (χ3n) is 3.09. The molecule has 0 N–H and O–H groups in total. The zero-order valence-corrected chi connectivity index (χ0v) is 13.1. The zero-order valence-electron chi connectivity index (χ0n) is 10.8. The summed E-state index contributed by atoms with van der Waals surface area (Å²) in [6, 6.07) is 12.9. The summed E-state index contributed by atoms with van der Waals surface area (Å²) >= 11 is 18.0. The van der Waals surface area contributed by atoms with Gasteiger partial charge in [0, 0.05) is 22.5 Å². The standard InChI is InChI=1S/C16H10Cl3NO/c17-8-10-9-20-16(13-4-2-1-3-12(10)13)21-15-6-5-11(18)7-14(15)19/h1-7,9H,8H2. The second-order valence-electron chi connectivity index (χ2n) is 4.44. The summed E-state index contributed by atoms with van der Waals surface area (Å²) < 4.78 is 5.83. The van der Waals surface area contributed by atoms with Crippen LogP contribution in [0.15, 0.2) is 48.7 Å². The first-order valence-electron chi connectivity index (χ1n) is 6.24. The van der Waals surface area contributed by atoms with E-state index in [1.807, 2.05) is 24.3 Å². The lowest BCUT2D eigenvalue weighted by Crippen LogP contribution is -1.93. The second kappa shape index (κ2) is 6.10. The van der Waals surface area contributed by atoms with Crippen molar-refractivity contribution >= 4 is 45.6 Å². The van der Waals surface area contributed by atoms with Gasteiger partial charge in [-0.3, -0.25) is 0 Å². The maximum atomic E-state index is 6.13. The largest absolute Gasteiger partial charge is 0.437 e. The normalized spacial score (nSPS) is 10.8. The van der Waals surface area contributed by atoms with Gasteiger partial charge < -0.3 is 4.74 Å². The molecule has 0 aliphatic carbocycles. The van der Waals surface area contributed by atoms with Gasteiger partial charge in [-0.05, 0) is 35.2 Å². The summed E-state index contributed by atoms with van der Waals surface area (Å²) in [7, 11) is 0. The number of nitrogens with zero attached hydrogens (tertiary/aromatic N) is 1. The SMILES string of the molecule is ClCc1cnc(Oc2ccc(Cl)cc2Cl)c2ccccc12. The van der Waals surface area contributed by atoms with E-state index in [-0.39, 0.29) is 0 Å². The lowest BCUT2D eigenvalue weighted by molar-refractivity contribution is 0.469. The molecule has 0 unspecified atom stereocenters. The van der Waals surface area contributed by atoms with Crippen LogP contribution in [0.5, 0.6) is 11.6 Å². The number of fused-ring (bicyclic) bond motifs is 1. The van der Waals surface area contributed by atoms with E-state index >= 15 is 0 Å². The third-order valence-corrected chi connectivity index (χ3v) is 3.90. The van der Waals surface area contributed by atoms with E-state index in [1.54, 1.807) is 24.4 Å². The molecule has 21 heavy (non-hydrogen) atoms. The highest BCUT2D eigenvalue weighted by Crippen LogP contribution is 2.34. The Morgan fingerprint density at radius 2 is 1.76 bits per heavy atom. The first-order valence-corrected chi connectivity index (χ1v) is 7.53. The Labute approximate surface area is 137 Å². The minimum Gasteiger partial charge on any atom is -0.437 e. The predicted molar refractivity (Wildman–Crippen MR) is 87.8 cm³/mol. The van der Waals surface area contributed by atoms with Crippen LogP contribution in [0.3, 0.4) is 0 Å². The number of ether oxygens (including phenoxy) is 1. The molecule has 2 aromatic carbocycles. The lowest BCUT2D eigenvalue weighted by Gasteiger charge is -2.11. The van der Waals surface area contributed by atoms with Crippen LogP contribution in [0.2, 0.25) is 10.0 Å². The summed E-state index contributed by atoms with van der Waals surface area (Å²) in [6.07, 6.45) is 1.72. The fraction of sp³-hybridized carbons (Fsp3) is 0.0625. The average molecular weight is 339 g/mol. The highest BCUT2D eigenvalue weighted by atomic mass is 35.5. The molecule has 3 aromatic rings. The molecule has 0 spiro atoms. The molecule has 0 amide bonds. The summed E-state index contributed by atoms with van der Waals surface area (Å²) in [6.45, 7) is 0. The van der Waals surface area contributed by atoms with Crippen molar-refractivity contribution in [1.82, 2.24) is 4.98 Å². The van der Waals surface area contributed by atoms with E-state index in [4.69, 9.17) is 39.5 Å². The summed E-state index contributed by atoms with van der Waals surface area (Å²) in [4.78, 5) is 4.34. The molecule has 0 atom stereocenters. The topological polar surface area (TPSA) is 22.1 Å². The molecule has 5 heteroatoms. The van der Waals surface area contributed by atoms with Crippen LogP contribution in [0.1, 0.15) is 5.56 Å². The van der Waals surface area contributed by atoms with Gasteiger partial charge in [0.25, 0.3) is 0 Å². The summed E-state index contributed by atoms with van der Waals surface area (Å²) in [5, 5.41) is 2.90. The van der Waals surface area contributed by atoms with E-state index in [2.05, 4.69) is 4.98 Å². The quantitative estimate of drug-likeness (QED) is 0.540. The fourth-order valence-corrected chi connectivity index (χ4v) is 2.74. The van der Waals surface area contributed by atoms with Crippen molar-refractivity contribution in [2.45, 2.75) is 5.88 Å². The summed E-state index contributed by atoms with van der Waals surface area (Å²) in [5.74, 6) is 1.40. The van der Waals surface area contributed by atoms with Crippen molar-refractivity contribution in [2.24, 2.45) is 0 Å². The Bertz CT molecular complexity index is 805. The van der Waals surface area contributed by atoms with Gasteiger partial charge in [-0.1, -0.05) is 41.4 Å². The molecule has 3 rings (SSSR count). The highest BCUT2D eigenvalue weighted by molar-refractivity contribution is 6.35. The van der Waals surface area contributed by atoms with Crippen molar-refractivity contribution in [1.29, 1.82) is 0 Å². The minimum atomic E-state index is 0.398. The Balaban J connectivity index is 2.09. The van der Waals surface area contributed by atoms with Gasteiger partial charge in [-0.2, -0.15) is 0 Å². The van der Waals surface area contributed by atoms with Gasteiger partial charge in [0.1, 0.15) is 5.75 Å². The molecule has 0 saturated heterocycles. The number of aromatic nitrogens is 1. The number of alkyl halides is 1. The number of benzene rings is 2. The molecule has 0 radical (unpaired) electrons. The van der Waals surface area contributed by atoms with Crippen LogP contribution in [0.25, 0.3) is 10.8 Å². The molecule has 106 valence electrons. The van der Waals surface area contributed by atoms with E-state index in [0.717, 1.165) is 16.3 Å². The van der Waals surface area contributed by atoms with Crippen molar-refractivity contribution in [2.75, 3.05) is 0 Å². The monoisotopic (exact) mass is 337 g/mol. The molecule has 0 aliphatic heterocycles. The van der Waals surface area contributed by atoms with E-state index in [0.29, 0.717) is 27.6 Å². The smallest absolute Gasteiger partial charge is 0.227 e. The van der Waals surface area contributed by atoms with Gasteiger partial charge in [-0.15, -0.1) is 11.6 Å². The molecule has 0 bridgehead atoms. The Morgan fingerprint density at radius 1 is 1.00 bits per heavy atom. The lowest BCUT2D eigenvalue weighted by atomic mass is 10.1. The van der Waals surface area contributed by atoms with E-state index < -0.39 is 0 Å². The first kappa shape index (κ1) is 14.5. The van der Waals surface area contributed by atoms with Crippen molar-refractivity contribution in [3.63, 3.8) is 0 Å². The van der Waals surface area contributed by atoms with Crippen LogP contribution in [0, 0.1) is 0 Å². The van der Waals surface area contributed by atoms with Gasteiger partial charge >= 0.3 is 0 Å². The average Bonchev–Trinajstić information content (AvgIpc) is 2.50. The fourth-order valence-electron chi connectivity index (χ4n) is 2.08. The molecular formula is C16H10Cl3NO. The third kappa shape index (κ3) is 2.93. The highest BCUT2D eigenvalue weighted by Gasteiger charge is 2.10. The van der Waals surface area contributed by atoms with E-state index in [9.17, 15) is 0 Å². The first-order chi connectivity index (χ1) is 10.2. The van der Waals surface area contributed by atoms with Crippen LogP contribution in [-0.4, -0.2) is 4.98 Å². The maximum Gasteiger partial charge on any atom is 0.227 e. The van der Waals surface area contributed by atoms with E-state index in [1.165, 1.54) is 0 Å². The van der Waals surface area contributed by atoms with Crippen LogP contribution in [0.4, 0.5) is 0 Å². The maximum absolute atomic E-state index is 6.13. The molecular weight excluding hydrogens is 329 g/mol. The van der Waals surface area contributed by atoms with Gasteiger partial charge in [0.15, 0.2) is 0 Å². The molecule has 1 heterocycles. The second-order valence-corrected chi connectivity index (χ2v) is 5.56. The molecule has 2 nitrogen and oxygen atoms in total.